The Morgan fingerprint density at radius 3 is 2.49 bits per heavy atom. The molecular weight excluding hydrogens is 733 g/mol. The normalized spacial score (nSPS) is 13.7. The van der Waals surface area contributed by atoms with Crippen molar-refractivity contribution in [2.75, 3.05) is 17.2 Å². The number of alkyl halides is 2. The number of fused-ring (bicyclic) bond motifs is 1. The van der Waals surface area contributed by atoms with Crippen LogP contribution in [0, 0.1) is 5.92 Å². The van der Waals surface area contributed by atoms with Gasteiger partial charge in [-0.1, -0.05) is 35.3 Å². The molecule has 6 rings (SSSR count). The highest BCUT2D eigenvalue weighted by molar-refractivity contribution is 7.92. The number of hydrogen-bond donors (Lipinski definition) is 0. The smallest absolute Gasteiger partial charge is 0.420 e. The lowest BCUT2D eigenvalue weighted by Gasteiger charge is -2.22. The first-order valence-corrected chi connectivity index (χ1v) is 18.1. The van der Waals surface area contributed by atoms with E-state index in [0.29, 0.717) is 29.2 Å². The number of ether oxygens (including phenoxy) is 3. The number of esters is 1. The molecule has 268 valence electrons. The van der Waals surface area contributed by atoms with Crippen molar-refractivity contribution < 1.29 is 40.6 Å². The third-order valence-electron chi connectivity index (χ3n) is 8.02. The number of oxazole rings is 1. The minimum atomic E-state index is -3.77. The number of aromatic nitrogens is 3. The molecule has 1 fully saturated rings. The molecule has 0 N–H and O–H groups in total. The molecule has 0 bridgehead atoms. The maximum Gasteiger partial charge on any atom is 0.420 e. The second kappa shape index (κ2) is 15.3. The topological polar surface area (TPSA) is 143 Å². The summed E-state index contributed by atoms with van der Waals surface area (Å²) in [5.74, 6) is -1.61. The van der Waals surface area contributed by atoms with Gasteiger partial charge in [0, 0.05) is 37.3 Å². The number of nitrogens with zero attached hydrogens (tertiary/aromatic N) is 4. The van der Waals surface area contributed by atoms with Crippen LogP contribution in [0.2, 0.25) is 10.0 Å². The molecule has 1 aliphatic rings. The van der Waals surface area contributed by atoms with Crippen LogP contribution in [-0.2, 0) is 39.1 Å². The first-order valence-electron chi connectivity index (χ1n) is 15.5. The van der Waals surface area contributed by atoms with Crippen molar-refractivity contribution in [3.63, 3.8) is 0 Å². The van der Waals surface area contributed by atoms with Crippen molar-refractivity contribution in [3.8, 4) is 11.5 Å². The van der Waals surface area contributed by atoms with Crippen LogP contribution < -0.4 is 19.5 Å². The van der Waals surface area contributed by atoms with Crippen LogP contribution in [-0.4, -0.2) is 48.4 Å². The molecule has 3 aromatic heterocycles. The van der Waals surface area contributed by atoms with Gasteiger partial charge in [-0.05, 0) is 65.8 Å². The summed E-state index contributed by atoms with van der Waals surface area (Å²) in [5, 5.41) is 0.400. The van der Waals surface area contributed by atoms with Crippen molar-refractivity contribution >= 4 is 56.0 Å². The lowest BCUT2D eigenvalue weighted by Crippen LogP contribution is -2.29. The maximum atomic E-state index is 13.5. The number of benzene rings is 2. The van der Waals surface area contributed by atoms with Crippen LogP contribution in [0.4, 0.5) is 14.5 Å². The predicted molar refractivity (Wildman–Crippen MR) is 184 cm³/mol. The molecule has 0 radical (unpaired) electrons. The Morgan fingerprint density at radius 1 is 1.06 bits per heavy atom. The first-order chi connectivity index (χ1) is 24.4. The Hall–Kier alpha value is -4.73. The Balaban J connectivity index is 1.29. The van der Waals surface area contributed by atoms with Gasteiger partial charge in [0.25, 0.3) is 0 Å². The zero-order valence-electron chi connectivity index (χ0n) is 26.9. The quantitative estimate of drug-likeness (QED) is 0.107. The fourth-order valence-corrected chi connectivity index (χ4v) is 6.71. The third-order valence-corrected chi connectivity index (χ3v) is 9.81. The summed E-state index contributed by atoms with van der Waals surface area (Å²) in [4.78, 5) is 34.5. The highest BCUT2D eigenvalue weighted by Crippen LogP contribution is 2.38. The summed E-state index contributed by atoms with van der Waals surface area (Å²) in [6.07, 6.45) is 7.67. The summed E-state index contributed by atoms with van der Waals surface area (Å²) in [6, 6.07) is 11.9. The van der Waals surface area contributed by atoms with Crippen LogP contribution in [0.5, 0.6) is 11.5 Å². The first kappa shape index (κ1) is 36.1. The Kier molecular flexibility index (Phi) is 10.8. The molecular formula is C34H30Cl2F2N4O8S. The lowest BCUT2D eigenvalue weighted by molar-refractivity contribution is -0.150. The number of pyridine rings is 2. The van der Waals surface area contributed by atoms with E-state index in [2.05, 4.69) is 14.7 Å². The number of rotatable bonds is 15. The van der Waals surface area contributed by atoms with Gasteiger partial charge < -0.3 is 18.6 Å². The molecule has 0 saturated heterocycles. The zero-order chi connectivity index (χ0) is 36.3. The molecule has 1 atom stereocenters. The van der Waals surface area contributed by atoms with Crippen molar-refractivity contribution in [2.45, 2.75) is 45.1 Å². The minimum absolute atomic E-state index is 0.0229. The molecule has 0 aliphatic heterocycles. The molecule has 3 heterocycles. The van der Waals surface area contributed by atoms with Gasteiger partial charge in [-0.15, -0.1) is 0 Å². The standard InChI is InChI=1S/C34H30Cl2F2N4O8S/c1-51(45,46)42(17-21-3-2-10-39-14-21)23-7-8-27-30(12-23)50-34(44)41(27)18-32(43)48-29(13-24-25(35)15-40-16-26(24)36)22-6-9-28(49-33(37)38)31(11-22)47-19-20-4-5-20/h2-3,6-12,14-16,20,29,33H,4-5,13,17-19H2,1H3/t29-/m0/s1. The number of sulfonamides is 1. The van der Waals surface area contributed by atoms with E-state index in [-0.39, 0.29) is 51.3 Å². The van der Waals surface area contributed by atoms with E-state index < -0.39 is 41.0 Å². The van der Waals surface area contributed by atoms with Gasteiger partial charge in [-0.3, -0.25) is 23.6 Å². The molecule has 0 spiro atoms. The van der Waals surface area contributed by atoms with E-state index in [9.17, 15) is 26.8 Å². The van der Waals surface area contributed by atoms with Crippen molar-refractivity contribution in [2.24, 2.45) is 5.92 Å². The lowest BCUT2D eigenvalue weighted by atomic mass is 10.0. The van der Waals surface area contributed by atoms with E-state index in [4.69, 9.17) is 37.1 Å². The third kappa shape index (κ3) is 8.96. The average molecular weight is 764 g/mol. The zero-order valence-corrected chi connectivity index (χ0v) is 29.2. The highest BCUT2D eigenvalue weighted by atomic mass is 35.5. The molecule has 2 aromatic carbocycles. The summed E-state index contributed by atoms with van der Waals surface area (Å²) < 4.78 is 75.8. The molecule has 0 unspecified atom stereocenters. The highest BCUT2D eigenvalue weighted by Gasteiger charge is 2.27. The molecule has 0 amide bonds. The summed E-state index contributed by atoms with van der Waals surface area (Å²) >= 11 is 12.8. The maximum absolute atomic E-state index is 13.5. The van der Waals surface area contributed by atoms with Crippen LogP contribution in [0.25, 0.3) is 11.1 Å². The second-order valence-electron chi connectivity index (χ2n) is 11.8. The number of carbonyl (C=O) groups excluding carboxylic acids is 1. The van der Waals surface area contributed by atoms with Gasteiger partial charge in [0.15, 0.2) is 17.1 Å². The van der Waals surface area contributed by atoms with Crippen LogP contribution in [0.1, 0.15) is 35.6 Å². The predicted octanol–water partition coefficient (Wildman–Crippen LogP) is 6.57. The van der Waals surface area contributed by atoms with Gasteiger partial charge in [-0.25, -0.2) is 13.2 Å². The van der Waals surface area contributed by atoms with Crippen molar-refractivity contribution in [3.05, 3.63) is 111 Å². The van der Waals surface area contributed by atoms with E-state index in [1.807, 2.05) is 0 Å². The van der Waals surface area contributed by atoms with Crippen LogP contribution >= 0.6 is 23.2 Å². The minimum Gasteiger partial charge on any atom is -0.489 e. The Morgan fingerprint density at radius 2 is 1.82 bits per heavy atom. The van der Waals surface area contributed by atoms with Gasteiger partial charge in [-0.2, -0.15) is 8.78 Å². The van der Waals surface area contributed by atoms with Crippen molar-refractivity contribution in [1.29, 1.82) is 0 Å². The van der Waals surface area contributed by atoms with Gasteiger partial charge in [0.1, 0.15) is 12.6 Å². The second-order valence-corrected chi connectivity index (χ2v) is 14.6. The number of carbonyl (C=O) groups is 1. The van der Waals surface area contributed by atoms with Crippen LogP contribution in [0.3, 0.4) is 0 Å². The summed E-state index contributed by atoms with van der Waals surface area (Å²) in [7, 11) is -3.77. The van der Waals surface area contributed by atoms with E-state index in [1.54, 1.807) is 18.3 Å². The Bertz CT molecular complexity index is 2200. The number of halogens is 4. The number of hydrogen-bond acceptors (Lipinski definition) is 10. The monoisotopic (exact) mass is 762 g/mol. The largest absolute Gasteiger partial charge is 0.489 e. The fourth-order valence-electron chi connectivity index (χ4n) is 5.31. The van der Waals surface area contributed by atoms with Gasteiger partial charge in [0.05, 0.1) is 40.7 Å². The number of anilines is 1. The molecule has 12 nitrogen and oxygen atoms in total. The summed E-state index contributed by atoms with van der Waals surface area (Å²) in [6.45, 7) is -3.43. The molecule has 1 aliphatic carbocycles. The van der Waals surface area contributed by atoms with Gasteiger partial charge in [0.2, 0.25) is 10.0 Å². The van der Waals surface area contributed by atoms with E-state index >= 15 is 0 Å². The van der Waals surface area contributed by atoms with Crippen LogP contribution in [0.15, 0.2) is 82.5 Å². The molecule has 51 heavy (non-hydrogen) atoms. The molecule has 17 heteroatoms. The van der Waals surface area contributed by atoms with E-state index in [0.717, 1.165) is 28.0 Å². The van der Waals surface area contributed by atoms with Crippen molar-refractivity contribution in [1.82, 2.24) is 14.5 Å². The van der Waals surface area contributed by atoms with E-state index in [1.165, 1.54) is 55.0 Å². The Labute approximate surface area is 300 Å². The SMILES string of the molecule is CS(=O)(=O)N(Cc1cccnc1)c1ccc2c(c1)oc(=O)n2CC(=O)O[C@@H](Cc1c(Cl)cncc1Cl)c1ccc(OC(F)F)c(OCC2CC2)c1. The van der Waals surface area contributed by atoms with Gasteiger partial charge >= 0.3 is 18.3 Å². The average Bonchev–Trinajstić information content (AvgIpc) is 3.86. The fraction of sp³-hybridized carbons (Fsp3) is 0.294. The molecule has 1 saturated carbocycles. The molecule has 5 aromatic rings. The summed E-state index contributed by atoms with van der Waals surface area (Å²) in [5.41, 5.74) is 1.84.